The Kier molecular flexibility index (Phi) is 5.33. The summed E-state index contributed by atoms with van der Waals surface area (Å²) in [6.07, 6.45) is 2.16. The van der Waals surface area contributed by atoms with Crippen LogP contribution in [0.3, 0.4) is 0 Å². The van der Waals surface area contributed by atoms with E-state index in [1.165, 1.54) is 5.56 Å². The minimum Gasteiger partial charge on any atom is -0.379 e. The minimum absolute atomic E-state index is 0.0776. The molecule has 0 spiro atoms. The van der Waals surface area contributed by atoms with Crippen LogP contribution in [0.5, 0.6) is 0 Å². The van der Waals surface area contributed by atoms with E-state index in [1.54, 1.807) is 11.3 Å². The van der Waals surface area contributed by atoms with Crippen molar-refractivity contribution in [2.75, 3.05) is 39.4 Å². The van der Waals surface area contributed by atoms with Gasteiger partial charge in [0.2, 0.25) is 0 Å². The number of ether oxygens (including phenoxy) is 1. The number of hydrogen-bond acceptors (Lipinski definition) is 4. The van der Waals surface area contributed by atoms with Gasteiger partial charge in [0.1, 0.15) is 0 Å². The highest BCUT2D eigenvalue weighted by Gasteiger charge is 2.30. The molecule has 2 aliphatic heterocycles. The fourth-order valence-electron chi connectivity index (χ4n) is 3.30. The summed E-state index contributed by atoms with van der Waals surface area (Å²) in [5, 5.41) is 7.37. The zero-order valence-corrected chi connectivity index (χ0v) is 14.0. The molecular formula is C16H25N3O2S. The number of nitrogens with one attached hydrogen (secondary N) is 1. The number of likely N-dealkylation sites (tertiary alicyclic amines) is 1. The van der Waals surface area contributed by atoms with Crippen molar-refractivity contribution in [3.8, 4) is 0 Å². The van der Waals surface area contributed by atoms with Crippen molar-refractivity contribution < 1.29 is 9.53 Å². The van der Waals surface area contributed by atoms with Crippen molar-refractivity contribution in [3.05, 3.63) is 22.4 Å². The normalized spacial score (nSPS) is 24.4. The summed E-state index contributed by atoms with van der Waals surface area (Å²) < 4.78 is 5.38. The van der Waals surface area contributed by atoms with Crippen LogP contribution in [0.4, 0.5) is 4.79 Å². The Morgan fingerprint density at radius 3 is 3.00 bits per heavy atom. The number of hydrogen-bond donors (Lipinski definition) is 1. The van der Waals surface area contributed by atoms with E-state index < -0.39 is 0 Å². The molecule has 2 aliphatic rings. The second kappa shape index (κ2) is 7.44. The molecule has 3 rings (SSSR count). The molecule has 1 aromatic heterocycles. The molecule has 122 valence electrons. The van der Waals surface area contributed by atoms with Gasteiger partial charge in [0.05, 0.1) is 19.3 Å². The highest BCUT2D eigenvalue weighted by Crippen LogP contribution is 2.32. The van der Waals surface area contributed by atoms with Crippen LogP contribution in [-0.4, -0.2) is 61.3 Å². The molecule has 22 heavy (non-hydrogen) atoms. The van der Waals surface area contributed by atoms with Crippen LogP contribution >= 0.6 is 11.3 Å². The van der Waals surface area contributed by atoms with Gasteiger partial charge in [-0.1, -0.05) is 0 Å². The molecule has 0 aromatic carbocycles. The number of nitrogens with zero attached hydrogens (tertiary/aromatic N) is 2. The Hall–Kier alpha value is -1.11. The van der Waals surface area contributed by atoms with Crippen molar-refractivity contribution in [2.24, 2.45) is 0 Å². The third-order valence-corrected chi connectivity index (χ3v) is 5.36. The van der Waals surface area contributed by atoms with Gasteiger partial charge in [-0.25, -0.2) is 4.79 Å². The van der Waals surface area contributed by atoms with Crippen molar-refractivity contribution >= 4 is 17.4 Å². The van der Waals surface area contributed by atoms with Gasteiger partial charge < -0.3 is 15.0 Å². The van der Waals surface area contributed by atoms with E-state index in [2.05, 4.69) is 34.0 Å². The smallest absolute Gasteiger partial charge is 0.317 e. The van der Waals surface area contributed by atoms with Gasteiger partial charge in [-0.2, -0.15) is 11.3 Å². The van der Waals surface area contributed by atoms with Crippen LogP contribution in [0.15, 0.2) is 16.8 Å². The second-order valence-corrected chi connectivity index (χ2v) is 6.87. The highest BCUT2D eigenvalue weighted by atomic mass is 32.1. The van der Waals surface area contributed by atoms with Crippen molar-refractivity contribution in [1.82, 2.24) is 15.1 Å². The molecule has 0 radical (unpaired) electrons. The second-order valence-electron chi connectivity index (χ2n) is 6.09. The predicted molar refractivity (Wildman–Crippen MR) is 88.3 cm³/mol. The Balaban J connectivity index is 1.50. The number of thiophene rings is 1. The molecular weight excluding hydrogens is 298 g/mol. The first kappa shape index (κ1) is 15.8. The number of carbonyl (C=O) groups is 1. The number of carbonyl (C=O) groups excluding carboxylic acids is 1. The molecule has 2 saturated heterocycles. The first-order valence-corrected chi connectivity index (χ1v) is 9.08. The summed E-state index contributed by atoms with van der Waals surface area (Å²) in [5.41, 5.74) is 1.28. The Morgan fingerprint density at radius 2 is 2.27 bits per heavy atom. The van der Waals surface area contributed by atoms with Crippen molar-refractivity contribution in [3.63, 3.8) is 0 Å². The zero-order valence-electron chi connectivity index (χ0n) is 13.2. The fraction of sp³-hybridized carbons (Fsp3) is 0.688. The summed E-state index contributed by atoms with van der Waals surface area (Å²) in [7, 11) is 0. The number of morpholine rings is 1. The average molecular weight is 323 g/mol. The maximum absolute atomic E-state index is 12.5. The Morgan fingerprint density at radius 1 is 1.45 bits per heavy atom. The van der Waals surface area contributed by atoms with Gasteiger partial charge in [-0.3, -0.25) is 4.90 Å². The summed E-state index contributed by atoms with van der Waals surface area (Å²) in [6, 6.07) is 2.82. The van der Waals surface area contributed by atoms with E-state index in [0.717, 1.165) is 45.7 Å². The molecule has 0 bridgehead atoms. The number of urea groups is 1. The first-order valence-electron chi connectivity index (χ1n) is 8.14. The molecule has 0 aliphatic carbocycles. The maximum atomic E-state index is 12.5. The van der Waals surface area contributed by atoms with Gasteiger partial charge in [-0.05, 0) is 42.2 Å². The van der Waals surface area contributed by atoms with Gasteiger partial charge in [0, 0.05) is 32.2 Å². The number of rotatable bonds is 4. The molecule has 1 N–H and O–H groups in total. The maximum Gasteiger partial charge on any atom is 0.317 e. The van der Waals surface area contributed by atoms with Gasteiger partial charge in [0.25, 0.3) is 0 Å². The lowest BCUT2D eigenvalue weighted by atomic mass is 10.1. The van der Waals surface area contributed by atoms with Gasteiger partial charge in [0.15, 0.2) is 0 Å². The molecule has 6 heteroatoms. The van der Waals surface area contributed by atoms with Crippen LogP contribution < -0.4 is 5.32 Å². The molecule has 2 atom stereocenters. The summed E-state index contributed by atoms with van der Waals surface area (Å²) in [5.74, 6) is 0. The standard InChI is InChI=1S/C16H25N3O2S/c1-13(18-6-8-21-9-7-18)11-17-16(20)19-5-2-3-15(19)14-4-10-22-12-14/h4,10,12-13,15H,2-3,5-9,11H2,1H3,(H,17,20)/t13-,15+/m1/s1. The topological polar surface area (TPSA) is 44.8 Å². The molecule has 2 fully saturated rings. The average Bonchev–Trinajstić information content (AvgIpc) is 3.23. The van der Waals surface area contributed by atoms with E-state index in [9.17, 15) is 4.79 Å². The SMILES string of the molecule is C[C@H](CNC(=O)N1CCC[C@H]1c1ccsc1)N1CCOCC1. The molecule has 1 aromatic rings. The summed E-state index contributed by atoms with van der Waals surface area (Å²) in [6.45, 7) is 7.24. The van der Waals surface area contributed by atoms with E-state index in [-0.39, 0.29) is 12.1 Å². The van der Waals surface area contributed by atoms with Crippen LogP contribution in [-0.2, 0) is 4.74 Å². The lowest BCUT2D eigenvalue weighted by Crippen LogP contribution is -2.49. The third kappa shape index (κ3) is 3.62. The van der Waals surface area contributed by atoms with E-state index in [4.69, 9.17) is 4.74 Å². The largest absolute Gasteiger partial charge is 0.379 e. The molecule has 0 unspecified atom stereocenters. The molecule has 0 saturated carbocycles. The zero-order chi connectivity index (χ0) is 15.4. The Bertz CT molecular complexity index is 474. The monoisotopic (exact) mass is 323 g/mol. The van der Waals surface area contributed by atoms with E-state index >= 15 is 0 Å². The van der Waals surface area contributed by atoms with Crippen molar-refractivity contribution in [2.45, 2.75) is 31.8 Å². The lowest BCUT2D eigenvalue weighted by Gasteiger charge is -2.33. The van der Waals surface area contributed by atoms with Gasteiger partial charge in [-0.15, -0.1) is 0 Å². The highest BCUT2D eigenvalue weighted by molar-refractivity contribution is 7.07. The predicted octanol–water partition coefficient (Wildman–Crippen LogP) is 2.32. The molecule has 2 amide bonds. The van der Waals surface area contributed by atoms with Crippen LogP contribution in [0.2, 0.25) is 0 Å². The molecule has 3 heterocycles. The van der Waals surface area contributed by atoms with Crippen LogP contribution in [0, 0.1) is 0 Å². The molecule has 5 nitrogen and oxygen atoms in total. The number of amides is 2. The summed E-state index contributed by atoms with van der Waals surface area (Å²) in [4.78, 5) is 16.9. The van der Waals surface area contributed by atoms with Gasteiger partial charge >= 0.3 is 6.03 Å². The van der Waals surface area contributed by atoms with E-state index in [1.807, 2.05) is 4.90 Å². The van der Waals surface area contributed by atoms with E-state index in [0.29, 0.717) is 12.6 Å². The first-order chi connectivity index (χ1) is 10.8. The lowest BCUT2D eigenvalue weighted by molar-refractivity contribution is 0.0206. The van der Waals surface area contributed by atoms with Crippen LogP contribution in [0.25, 0.3) is 0 Å². The Labute approximate surface area is 136 Å². The summed E-state index contributed by atoms with van der Waals surface area (Å²) >= 11 is 1.70. The quantitative estimate of drug-likeness (QED) is 0.925. The van der Waals surface area contributed by atoms with Crippen molar-refractivity contribution in [1.29, 1.82) is 0 Å². The fourth-order valence-corrected chi connectivity index (χ4v) is 4.01. The van der Waals surface area contributed by atoms with Crippen LogP contribution in [0.1, 0.15) is 31.4 Å². The minimum atomic E-state index is 0.0776. The third-order valence-electron chi connectivity index (χ3n) is 4.66.